The lowest BCUT2D eigenvalue weighted by Gasteiger charge is -2.50. The van der Waals surface area contributed by atoms with Crippen LogP contribution >= 0.6 is 0 Å². The first kappa shape index (κ1) is 42.7. The minimum Gasteiger partial charge on any atom is -0.456 e. The third-order valence-corrected chi connectivity index (χ3v) is 17.8. The highest BCUT2D eigenvalue weighted by Gasteiger charge is 2.58. The Bertz CT molecular complexity index is 4120. The average Bonchev–Trinajstić information content (AvgIpc) is 4.04. The van der Waals surface area contributed by atoms with Crippen molar-refractivity contribution in [3.63, 3.8) is 0 Å². The van der Waals surface area contributed by atoms with Gasteiger partial charge in [0.25, 0.3) is 6.71 Å². The van der Waals surface area contributed by atoms with Gasteiger partial charge in [0.1, 0.15) is 16.7 Å². The third-order valence-electron chi connectivity index (χ3n) is 17.8. The molecule has 0 spiro atoms. The molecule has 0 saturated heterocycles. The molecule has 1 saturated carbocycles. The summed E-state index contributed by atoms with van der Waals surface area (Å²) in [5.41, 5.74) is 23.2. The van der Waals surface area contributed by atoms with Gasteiger partial charge in [0, 0.05) is 66.8 Å². The number of hydrogen-bond donors (Lipinski definition) is 0. The summed E-state index contributed by atoms with van der Waals surface area (Å²) < 4.78 is 13.4. The first-order valence-corrected chi connectivity index (χ1v) is 26.3. The molecule has 11 aromatic rings. The van der Waals surface area contributed by atoms with E-state index in [4.69, 9.17) is 8.83 Å². The topological polar surface area (TPSA) is 36.0 Å². The van der Waals surface area contributed by atoms with Crippen LogP contribution in [0.25, 0.3) is 55.0 Å². The number of para-hydroxylation sites is 3. The quantitative estimate of drug-likeness (QED) is 0.164. The van der Waals surface area contributed by atoms with Gasteiger partial charge in [-0.25, -0.2) is 0 Å². The van der Waals surface area contributed by atoms with Gasteiger partial charge in [-0.1, -0.05) is 150 Å². The van der Waals surface area contributed by atoms with Crippen LogP contribution in [-0.4, -0.2) is 12.3 Å². The maximum atomic E-state index is 7.01. The lowest BCUT2D eigenvalue weighted by atomic mass is 9.33. The number of rotatable bonds is 4. The Morgan fingerprint density at radius 2 is 1.14 bits per heavy atom. The first-order valence-electron chi connectivity index (χ1n) is 26.3. The molecule has 73 heavy (non-hydrogen) atoms. The molecule has 1 aliphatic carbocycles. The van der Waals surface area contributed by atoms with Gasteiger partial charge in [-0.05, 0) is 149 Å². The largest absolute Gasteiger partial charge is 0.456 e. The molecule has 6 heteroatoms. The Morgan fingerprint density at radius 3 is 1.93 bits per heavy atom. The van der Waals surface area contributed by atoms with Crippen molar-refractivity contribution in [1.29, 1.82) is 0 Å². The van der Waals surface area contributed by atoms with Crippen molar-refractivity contribution < 1.29 is 8.83 Å². The fourth-order valence-electron chi connectivity index (χ4n) is 14.0. The number of anilines is 8. The second kappa shape index (κ2) is 15.1. The summed E-state index contributed by atoms with van der Waals surface area (Å²) in [6, 6.07) is 68.0. The molecule has 4 aliphatic rings. The van der Waals surface area contributed by atoms with Crippen LogP contribution in [0.4, 0.5) is 45.5 Å². The fourth-order valence-corrected chi connectivity index (χ4v) is 14.0. The number of aryl methyl sites for hydroxylation is 1. The van der Waals surface area contributed by atoms with Crippen molar-refractivity contribution in [3.8, 4) is 11.1 Å². The number of hydrogen-bond acceptors (Lipinski definition) is 5. The molecule has 5 nitrogen and oxygen atoms in total. The lowest BCUT2D eigenvalue weighted by molar-refractivity contribution is 0.195. The fraction of sp³-hybridized carbons (Fsp3) is 0.194. The summed E-state index contributed by atoms with van der Waals surface area (Å²) >= 11 is 0. The molecule has 0 bridgehead atoms. The van der Waals surface area contributed by atoms with Gasteiger partial charge in [0.05, 0.1) is 11.2 Å². The smallest absolute Gasteiger partial charge is 0.252 e. The molecule has 2 unspecified atom stereocenters. The minimum absolute atomic E-state index is 0.0100. The Hall–Kier alpha value is -7.96. The van der Waals surface area contributed by atoms with E-state index in [1.165, 1.54) is 97.6 Å². The number of nitrogens with zero attached hydrogens (tertiary/aromatic N) is 3. The normalized spacial score (nSPS) is 18.9. The van der Waals surface area contributed by atoms with Crippen molar-refractivity contribution in [2.24, 2.45) is 0 Å². The van der Waals surface area contributed by atoms with Crippen LogP contribution in [0.1, 0.15) is 77.0 Å². The minimum atomic E-state index is -0.120. The predicted molar refractivity (Wildman–Crippen MR) is 307 cm³/mol. The van der Waals surface area contributed by atoms with Crippen LogP contribution in [-0.2, 0) is 10.8 Å². The third kappa shape index (κ3) is 5.92. The summed E-state index contributed by atoms with van der Waals surface area (Å²) in [6.07, 6.45) is 4.76. The molecule has 15 rings (SSSR count). The second-order valence-corrected chi connectivity index (χ2v) is 22.9. The van der Waals surface area contributed by atoms with Gasteiger partial charge in [-0.15, -0.1) is 0 Å². The molecule has 354 valence electrons. The van der Waals surface area contributed by atoms with Crippen LogP contribution in [0.5, 0.6) is 0 Å². The van der Waals surface area contributed by atoms with Gasteiger partial charge >= 0.3 is 0 Å². The number of furan rings is 2. The molecule has 0 N–H and O–H groups in total. The molecule has 5 heterocycles. The molecule has 0 radical (unpaired) electrons. The average molecular weight is 946 g/mol. The highest BCUT2D eigenvalue weighted by atomic mass is 16.3. The van der Waals surface area contributed by atoms with E-state index in [2.05, 4.69) is 238 Å². The van der Waals surface area contributed by atoms with Crippen molar-refractivity contribution in [1.82, 2.24) is 0 Å². The highest BCUT2D eigenvalue weighted by Crippen LogP contribution is 2.62. The van der Waals surface area contributed by atoms with Crippen LogP contribution < -0.4 is 31.1 Å². The molecule has 0 amide bonds. The molecule has 2 aromatic heterocycles. The zero-order chi connectivity index (χ0) is 49.1. The van der Waals surface area contributed by atoms with Crippen molar-refractivity contribution in [2.75, 3.05) is 14.7 Å². The van der Waals surface area contributed by atoms with E-state index in [9.17, 15) is 0 Å². The van der Waals surface area contributed by atoms with Crippen molar-refractivity contribution >= 4 is 112 Å². The molecule has 2 atom stereocenters. The summed E-state index contributed by atoms with van der Waals surface area (Å²) in [7, 11) is 0. The Morgan fingerprint density at radius 1 is 0.479 bits per heavy atom. The molecular formula is C67H56BN3O2. The van der Waals surface area contributed by atoms with Gasteiger partial charge in [-0.2, -0.15) is 0 Å². The van der Waals surface area contributed by atoms with E-state index < -0.39 is 0 Å². The zero-order valence-electron chi connectivity index (χ0n) is 42.4. The van der Waals surface area contributed by atoms with Crippen LogP contribution in [0.3, 0.4) is 0 Å². The van der Waals surface area contributed by atoms with Crippen LogP contribution in [0.2, 0.25) is 0 Å². The zero-order valence-corrected chi connectivity index (χ0v) is 42.4. The Balaban J connectivity index is 1.02. The van der Waals surface area contributed by atoms with E-state index in [1.54, 1.807) is 0 Å². The van der Waals surface area contributed by atoms with Crippen LogP contribution in [0.15, 0.2) is 191 Å². The summed E-state index contributed by atoms with van der Waals surface area (Å²) in [6.45, 7) is 14.4. The van der Waals surface area contributed by atoms with E-state index in [0.717, 1.165) is 61.7 Å². The first-order chi connectivity index (χ1) is 35.5. The van der Waals surface area contributed by atoms with Gasteiger partial charge in [-0.3, -0.25) is 0 Å². The van der Waals surface area contributed by atoms with Gasteiger partial charge < -0.3 is 23.5 Å². The molecular weight excluding hydrogens is 890 g/mol. The highest BCUT2D eigenvalue weighted by molar-refractivity contribution is 7.00. The second-order valence-electron chi connectivity index (χ2n) is 22.9. The SMILES string of the molecule is Cc1cc2c3c(c1)N(c1cccc4c1oc1ccccc14)c1cc(N4c5ccc(C(C)(C)C)cc5C5(C)CCCCC45C)ccc1B3c1ccc(-c3ccccc3)cc1N2c1ccc2oc3ccccc3c2c1. The van der Waals surface area contributed by atoms with E-state index in [1.807, 2.05) is 0 Å². The lowest BCUT2D eigenvalue weighted by Crippen LogP contribution is -2.61. The predicted octanol–water partition coefficient (Wildman–Crippen LogP) is 16.6. The number of fused-ring (bicyclic) bond motifs is 13. The van der Waals surface area contributed by atoms with Crippen molar-refractivity contribution in [3.05, 3.63) is 199 Å². The monoisotopic (exact) mass is 945 g/mol. The summed E-state index contributed by atoms with van der Waals surface area (Å²) in [5.74, 6) is 0. The molecule has 3 aliphatic heterocycles. The maximum absolute atomic E-state index is 7.01. The van der Waals surface area contributed by atoms with E-state index >= 15 is 0 Å². The number of benzene rings is 9. The summed E-state index contributed by atoms with van der Waals surface area (Å²) in [4.78, 5) is 7.84. The van der Waals surface area contributed by atoms with Gasteiger partial charge in [0.2, 0.25) is 0 Å². The molecule has 9 aromatic carbocycles. The Kier molecular flexibility index (Phi) is 8.80. The standard InChI is InChI=1S/C67H56BN3O2/c1-41-35-58-63-59(36-41)70(55-22-16-21-49-47-19-10-13-24-61(47)73-64(49)55)57-40-46(71-54-31-26-44(65(2,3)4)38-51(54)66(5)33-14-15-34-67(66,71)6)27-30-53(57)68(63)52-29-25-43(42-17-8-7-9-18-42)37-56(52)69(58)45-28-32-62-50(39-45)48-20-11-12-23-60(48)72-62/h7-13,16-32,35-40H,14-15,33-34H2,1-6H3. The van der Waals surface area contributed by atoms with E-state index in [0.29, 0.717) is 0 Å². The Labute approximate surface area is 427 Å². The van der Waals surface area contributed by atoms with Crippen molar-refractivity contribution in [2.45, 2.75) is 83.6 Å². The summed E-state index contributed by atoms with van der Waals surface area (Å²) in [5, 5.41) is 4.46. The molecule has 1 fully saturated rings. The van der Waals surface area contributed by atoms with E-state index in [-0.39, 0.29) is 23.1 Å². The maximum Gasteiger partial charge on any atom is 0.252 e. The van der Waals surface area contributed by atoms with Crippen LogP contribution in [0, 0.1) is 6.92 Å². The van der Waals surface area contributed by atoms with Gasteiger partial charge in [0.15, 0.2) is 5.58 Å².